The molecule has 1 aromatic heterocycles. The van der Waals surface area contributed by atoms with Crippen LogP contribution in [0.1, 0.15) is 26.6 Å². The van der Waals surface area contributed by atoms with Gasteiger partial charge in [-0.3, -0.25) is 9.79 Å². The molecule has 1 heterocycles. The number of rotatable bonds is 5. The first-order chi connectivity index (χ1) is 11.8. The van der Waals surface area contributed by atoms with Crippen molar-refractivity contribution in [2.45, 2.75) is 19.3 Å². The second-order valence-electron chi connectivity index (χ2n) is 4.97. The van der Waals surface area contributed by atoms with Crippen molar-refractivity contribution in [2.24, 2.45) is 10.7 Å². The topological polar surface area (TPSA) is 92.4 Å². The van der Waals surface area contributed by atoms with Gasteiger partial charge in [0.2, 0.25) is 5.91 Å². The summed E-state index contributed by atoms with van der Waals surface area (Å²) in [5, 5.41) is 7.16. The fraction of sp³-hybridized carbons (Fsp3) is 0.267. The summed E-state index contributed by atoms with van der Waals surface area (Å²) in [6.45, 7) is 0.480. The van der Waals surface area contributed by atoms with Crippen LogP contribution in [0.15, 0.2) is 34.6 Å². The zero-order valence-electron chi connectivity index (χ0n) is 13.6. The summed E-state index contributed by atoms with van der Waals surface area (Å²) in [6.07, 6.45) is -4.44. The van der Waals surface area contributed by atoms with E-state index in [-0.39, 0.29) is 30.5 Å². The van der Waals surface area contributed by atoms with Crippen molar-refractivity contribution in [1.29, 1.82) is 0 Å². The standard InChI is InChI=1S/C15H16F3N5OS.HI/c1-20-14(21-6-9-3-2-4-10(5-9)13(19)24)22-7-12-23-11(8-25-12)15(16,17)18;/h2-5,8H,6-7H2,1H3,(H2,19,24)(H2,20,21,22);1H. The molecule has 0 saturated heterocycles. The van der Waals surface area contributed by atoms with Crippen molar-refractivity contribution in [3.8, 4) is 0 Å². The largest absolute Gasteiger partial charge is 0.434 e. The number of hydrogen-bond donors (Lipinski definition) is 3. The summed E-state index contributed by atoms with van der Waals surface area (Å²) in [6, 6.07) is 6.78. The number of aromatic nitrogens is 1. The smallest absolute Gasteiger partial charge is 0.366 e. The van der Waals surface area contributed by atoms with E-state index >= 15 is 0 Å². The molecule has 2 aromatic rings. The third kappa shape index (κ3) is 6.44. The third-order valence-electron chi connectivity index (χ3n) is 3.14. The molecule has 1 amide bonds. The van der Waals surface area contributed by atoms with Gasteiger partial charge in [-0.2, -0.15) is 13.2 Å². The van der Waals surface area contributed by atoms with Crippen molar-refractivity contribution in [3.05, 3.63) is 51.5 Å². The lowest BCUT2D eigenvalue weighted by molar-refractivity contribution is -0.140. The Labute approximate surface area is 169 Å². The molecule has 0 atom stereocenters. The van der Waals surface area contributed by atoms with E-state index in [0.29, 0.717) is 23.1 Å². The van der Waals surface area contributed by atoms with Crippen LogP contribution in [0.5, 0.6) is 0 Å². The van der Waals surface area contributed by atoms with E-state index in [2.05, 4.69) is 20.6 Å². The van der Waals surface area contributed by atoms with Gasteiger partial charge in [0.1, 0.15) is 5.01 Å². The molecule has 0 unspecified atom stereocenters. The highest BCUT2D eigenvalue weighted by atomic mass is 127. The summed E-state index contributed by atoms with van der Waals surface area (Å²) in [5.41, 5.74) is 5.53. The molecule has 4 N–H and O–H groups in total. The van der Waals surface area contributed by atoms with Crippen molar-refractivity contribution in [1.82, 2.24) is 15.6 Å². The zero-order chi connectivity index (χ0) is 18.4. The number of aliphatic imine (C=N–C) groups is 1. The van der Waals surface area contributed by atoms with Gasteiger partial charge in [0.25, 0.3) is 0 Å². The molecule has 0 bridgehead atoms. The highest BCUT2D eigenvalue weighted by Gasteiger charge is 2.33. The Morgan fingerprint density at radius 2 is 2.00 bits per heavy atom. The van der Waals surface area contributed by atoms with E-state index in [4.69, 9.17) is 5.73 Å². The van der Waals surface area contributed by atoms with E-state index < -0.39 is 17.8 Å². The minimum Gasteiger partial charge on any atom is -0.366 e. The Morgan fingerprint density at radius 3 is 2.58 bits per heavy atom. The van der Waals surface area contributed by atoms with Crippen molar-refractivity contribution in [2.75, 3.05) is 7.05 Å². The first-order valence-electron chi connectivity index (χ1n) is 7.14. The first-order valence-corrected chi connectivity index (χ1v) is 8.02. The van der Waals surface area contributed by atoms with Crippen LogP contribution >= 0.6 is 35.3 Å². The molecule has 6 nitrogen and oxygen atoms in total. The molecule has 11 heteroatoms. The number of nitrogens with one attached hydrogen (secondary N) is 2. The van der Waals surface area contributed by atoms with Crippen LogP contribution in [0.25, 0.3) is 0 Å². The van der Waals surface area contributed by atoms with E-state index in [1.54, 1.807) is 18.2 Å². The maximum Gasteiger partial charge on any atom is 0.434 e. The average Bonchev–Trinajstić information content (AvgIpc) is 3.04. The minimum absolute atomic E-state index is 0. The molecule has 0 aliphatic rings. The number of carbonyl (C=O) groups is 1. The summed E-state index contributed by atoms with van der Waals surface area (Å²) in [7, 11) is 1.54. The lowest BCUT2D eigenvalue weighted by atomic mass is 10.1. The Bertz CT molecular complexity index is 779. The van der Waals surface area contributed by atoms with Gasteiger partial charge in [0.05, 0.1) is 6.54 Å². The molecule has 0 fully saturated rings. The number of thiazole rings is 1. The molecule has 26 heavy (non-hydrogen) atoms. The van der Waals surface area contributed by atoms with Crippen LogP contribution in [-0.2, 0) is 19.3 Å². The number of carbonyl (C=O) groups excluding carboxylic acids is 1. The summed E-state index contributed by atoms with van der Waals surface area (Å²) >= 11 is 0.921. The maximum atomic E-state index is 12.5. The fourth-order valence-electron chi connectivity index (χ4n) is 1.92. The number of halogens is 4. The number of benzene rings is 1. The Balaban J connectivity index is 0.00000338. The lowest BCUT2D eigenvalue weighted by Gasteiger charge is -2.11. The van der Waals surface area contributed by atoms with E-state index in [1.807, 2.05) is 6.07 Å². The van der Waals surface area contributed by atoms with E-state index in [1.165, 1.54) is 7.05 Å². The summed E-state index contributed by atoms with van der Waals surface area (Å²) in [5.74, 6) is -0.123. The monoisotopic (exact) mass is 499 g/mol. The molecular formula is C15H17F3IN5OS. The number of primary amides is 1. The molecule has 0 spiro atoms. The van der Waals surface area contributed by atoms with Gasteiger partial charge >= 0.3 is 6.18 Å². The van der Waals surface area contributed by atoms with Gasteiger partial charge in [-0.05, 0) is 17.7 Å². The lowest BCUT2D eigenvalue weighted by Crippen LogP contribution is -2.36. The van der Waals surface area contributed by atoms with Crippen LogP contribution in [-0.4, -0.2) is 23.9 Å². The highest BCUT2D eigenvalue weighted by molar-refractivity contribution is 14.0. The summed E-state index contributed by atoms with van der Waals surface area (Å²) in [4.78, 5) is 18.7. The fourth-order valence-corrected chi connectivity index (χ4v) is 2.66. The van der Waals surface area contributed by atoms with Crippen molar-refractivity contribution < 1.29 is 18.0 Å². The predicted molar refractivity (Wildman–Crippen MR) is 105 cm³/mol. The number of nitrogens with two attached hydrogens (primary N) is 1. The highest BCUT2D eigenvalue weighted by Crippen LogP contribution is 2.29. The number of amides is 1. The van der Waals surface area contributed by atoms with Crippen molar-refractivity contribution >= 4 is 47.2 Å². The van der Waals surface area contributed by atoms with Crippen LogP contribution in [0.4, 0.5) is 13.2 Å². The second-order valence-corrected chi connectivity index (χ2v) is 5.91. The minimum atomic E-state index is -4.44. The second kappa shape index (κ2) is 9.71. The quantitative estimate of drug-likeness (QED) is 0.335. The molecular weight excluding hydrogens is 482 g/mol. The molecule has 2 rings (SSSR count). The molecule has 1 aromatic carbocycles. The third-order valence-corrected chi connectivity index (χ3v) is 3.99. The van der Waals surface area contributed by atoms with Gasteiger partial charge in [0, 0.05) is 24.5 Å². The molecule has 0 radical (unpaired) electrons. The summed E-state index contributed by atoms with van der Waals surface area (Å²) < 4.78 is 37.6. The van der Waals surface area contributed by atoms with Gasteiger partial charge < -0.3 is 16.4 Å². The van der Waals surface area contributed by atoms with Crippen LogP contribution in [0.3, 0.4) is 0 Å². The Hall–Kier alpha value is -1.89. The van der Waals surface area contributed by atoms with Crippen molar-refractivity contribution in [3.63, 3.8) is 0 Å². The first kappa shape index (κ1) is 22.2. The number of nitrogens with zero attached hydrogens (tertiary/aromatic N) is 2. The van der Waals surface area contributed by atoms with Crippen LogP contribution in [0, 0.1) is 0 Å². The Morgan fingerprint density at radius 1 is 1.31 bits per heavy atom. The van der Waals surface area contributed by atoms with E-state index in [0.717, 1.165) is 22.3 Å². The van der Waals surface area contributed by atoms with Gasteiger partial charge in [-0.1, -0.05) is 12.1 Å². The number of guanidine groups is 1. The maximum absolute atomic E-state index is 12.5. The van der Waals surface area contributed by atoms with Crippen LogP contribution < -0.4 is 16.4 Å². The predicted octanol–water partition coefficient (Wildman–Crippen LogP) is 2.74. The zero-order valence-corrected chi connectivity index (χ0v) is 16.8. The van der Waals surface area contributed by atoms with Gasteiger partial charge in [0.15, 0.2) is 11.7 Å². The average molecular weight is 499 g/mol. The molecule has 0 saturated carbocycles. The molecule has 0 aliphatic carbocycles. The van der Waals surface area contributed by atoms with Crippen LogP contribution in [0.2, 0.25) is 0 Å². The number of hydrogen-bond acceptors (Lipinski definition) is 4. The van der Waals surface area contributed by atoms with E-state index in [9.17, 15) is 18.0 Å². The van der Waals surface area contributed by atoms with Gasteiger partial charge in [-0.25, -0.2) is 4.98 Å². The number of alkyl halides is 3. The SMILES string of the molecule is CN=C(NCc1cccc(C(N)=O)c1)NCc1nc(C(F)(F)F)cs1.I. The van der Waals surface area contributed by atoms with Gasteiger partial charge in [-0.15, -0.1) is 35.3 Å². The Kier molecular flexibility index (Phi) is 8.27. The normalized spacial score (nSPS) is 11.6. The molecule has 142 valence electrons. The molecule has 0 aliphatic heterocycles.